The van der Waals surface area contributed by atoms with Crippen molar-refractivity contribution in [1.82, 2.24) is 0 Å². The number of nitrogens with zero attached hydrogens (tertiary/aromatic N) is 1. The summed E-state index contributed by atoms with van der Waals surface area (Å²) in [4.78, 5) is 0. The average molecular weight is 201 g/mol. The molecule has 0 spiro atoms. The summed E-state index contributed by atoms with van der Waals surface area (Å²) in [6.45, 7) is -0.356. The number of pyridine rings is 1. The van der Waals surface area contributed by atoms with E-state index in [4.69, 9.17) is 22.1 Å². The molecule has 0 aliphatic rings. The molecule has 0 fully saturated rings. The number of aliphatic hydroxyl groups excluding tert-OH is 1. The minimum Gasteiger partial charge on any atom is -0.618 e. The Bertz CT molecular complexity index is 308. The van der Waals surface area contributed by atoms with Gasteiger partial charge < -0.3 is 15.7 Å². The van der Waals surface area contributed by atoms with Crippen molar-refractivity contribution in [3.8, 4) is 0 Å². The Labute approximate surface area is 80.5 Å². The van der Waals surface area contributed by atoms with Crippen molar-refractivity contribution in [2.45, 2.75) is 6.42 Å². The summed E-state index contributed by atoms with van der Waals surface area (Å²) >= 11 is 5.73. The molecule has 0 aromatic carbocycles. The lowest BCUT2D eigenvalue weighted by Crippen LogP contribution is -2.33. The van der Waals surface area contributed by atoms with Crippen molar-refractivity contribution in [2.24, 2.45) is 0 Å². The average Bonchev–Trinajstić information content (AvgIpc) is 2.11. The Balaban J connectivity index is 2.93. The molecule has 2 N–H and O–H groups in total. The highest BCUT2D eigenvalue weighted by Crippen LogP contribution is 2.11. The molecular formula is C8H9ClN2O2. The van der Waals surface area contributed by atoms with E-state index >= 15 is 0 Å². The molecule has 0 aliphatic heterocycles. The molecule has 0 saturated heterocycles. The van der Waals surface area contributed by atoms with E-state index in [2.05, 4.69) is 0 Å². The molecule has 0 bridgehead atoms. The Kier molecular flexibility index (Phi) is 3.22. The Morgan fingerprint density at radius 2 is 2.38 bits per heavy atom. The lowest BCUT2D eigenvalue weighted by Gasteiger charge is -2.04. The summed E-state index contributed by atoms with van der Waals surface area (Å²) in [5.74, 6) is 0. The third-order valence-corrected chi connectivity index (χ3v) is 1.92. The maximum atomic E-state index is 11.1. The van der Waals surface area contributed by atoms with Gasteiger partial charge >= 0.3 is 0 Å². The lowest BCUT2D eigenvalue weighted by molar-refractivity contribution is -0.613. The highest BCUT2D eigenvalue weighted by Gasteiger charge is 2.12. The van der Waals surface area contributed by atoms with Crippen LogP contribution in [-0.4, -0.2) is 17.4 Å². The third kappa shape index (κ3) is 2.40. The monoisotopic (exact) mass is 200 g/mol. The molecule has 0 unspecified atom stereocenters. The smallest absolute Gasteiger partial charge is 0.217 e. The van der Waals surface area contributed by atoms with Gasteiger partial charge in [0, 0.05) is 11.8 Å². The number of halogens is 1. The summed E-state index contributed by atoms with van der Waals surface area (Å²) in [6.07, 6.45) is 1.39. The topological polar surface area (TPSA) is 71.0 Å². The molecule has 5 heteroatoms. The first-order valence-corrected chi connectivity index (χ1v) is 4.06. The van der Waals surface area contributed by atoms with Crippen LogP contribution in [0.1, 0.15) is 5.69 Å². The van der Waals surface area contributed by atoms with Gasteiger partial charge in [-0.15, -0.1) is 0 Å². The van der Waals surface area contributed by atoms with E-state index < -0.39 is 0 Å². The molecule has 0 aliphatic carbocycles. The van der Waals surface area contributed by atoms with Gasteiger partial charge in [-0.2, -0.15) is 4.73 Å². The molecule has 0 amide bonds. The number of aromatic nitrogens is 1. The molecule has 1 aromatic rings. The van der Waals surface area contributed by atoms with Crippen LogP contribution in [0.3, 0.4) is 0 Å². The standard InChI is InChI=1S/C8H9ClN2O2/c9-7-2-1-3-11(13)8(7)4-6(10)5-12/h1-3,10,12H,4-5H2. The SMILES string of the molecule is N=C(CO)Cc1c(Cl)ccc[n+]1[O-]. The second-order valence-corrected chi connectivity index (χ2v) is 2.97. The predicted octanol–water partition coefficient (Wildman–Crippen LogP) is 0.528. The van der Waals surface area contributed by atoms with Gasteiger partial charge in [-0.1, -0.05) is 11.6 Å². The zero-order valence-electron chi connectivity index (χ0n) is 6.83. The molecule has 0 radical (unpaired) electrons. The van der Waals surface area contributed by atoms with Crippen molar-refractivity contribution in [2.75, 3.05) is 6.61 Å². The zero-order valence-corrected chi connectivity index (χ0v) is 7.58. The van der Waals surface area contributed by atoms with Crippen molar-refractivity contribution < 1.29 is 9.84 Å². The van der Waals surface area contributed by atoms with E-state index in [1.807, 2.05) is 0 Å². The van der Waals surface area contributed by atoms with Crippen LogP contribution in [-0.2, 0) is 6.42 Å². The van der Waals surface area contributed by atoms with Crippen LogP contribution in [0.15, 0.2) is 18.3 Å². The van der Waals surface area contributed by atoms with Crippen LogP contribution in [0.25, 0.3) is 0 Å². The predicted molar refractivity (Wildman–Crippen MR) is 48.9 cm³/mol. The summed E-state index contributed by atoms with van der Waals surface area (Å²) in [6, 6.07) is 3.11. The Hall–Kier alpha value is -1.13. The van der Waals surface area contributed by atoms with Crippen LogP contribution in [0.2, 0.25) is 5.02 Å². The van der Waals surface area contributed by atoms with Gasteiger partial charge in [-0.05, 0) is 6.07 Å². The fraction of sp³-hybridized carbons (Fsp3) is 0.250. The molecular weight excluding hydrogens is 192 g/mol. The van der Waals surface area contributed by atoms with Crippen LogP contribution in [0.4, 0.5) is 0 Å². The first-order chi connectivity index (χ1) is 6.15. The van der Waals surface area contributed by atoms with E-state index in [1.54, 1.807) is 6.07 Å². The molecule has 13 heavy (non-hydrogen) atoms. The van der Waals surface area contributed by atoms with E-state index in [0.717, 1.165) is 0 Å². The number of hydrogen-bond donors (Lipinski definition) is 2. The second-order valence-electron chi connectivity index (χ2n) is 2.57. The van der Waals surface area contributed by atoms with Crippen LogP contribution < -0.4 is 4.73 Å². The quantitative estimate of drug-likeness (QED) is 0.425. The molecule has 1 heterocycles. The van der Waals surface area contributed by atoms with E-state index in [0.29, 0.717) is 15.4 Å². The summed E-state index contributed by atoms with van der Waals surface area (Å²) in [5, 5.41) is 27.3. The van der Waals surface area contributed by atoms with E-state index in [-0.39, 0.29) is 18.7 Å². The van der Waals surface area contributed by atoms with Crippen LogP contribution >= 0.6 is 11.6 Å². The highest BCUT2D eigenvalue weighted by molar-refractivity contribution is 6.31. The molecule has 70 valence electrons. The molecule has 1 aromatic heterocycles. The summed E-state index contributed by atoms with van der Waals surface area (Å²) in [5.41, 5.74) is 0.362. The summed E-state index contributed by atoms with van der Waals surface area (Å²) in [7, 11) is 0. The lowest BCUT2D eigenvalue weighted by atomic mass is 10.2. The largest absolute Gasteiger partial charge is 0.618 e. The number of rotatable bonds is 3. The van der Waals surface area contributed by atoms with Gasteiger partial charge in [0.05, 0.1) is 13.0 Å². The molecule has 4 nitrogen and oxygen atoms in total. The maximum Gasteiger partial charge on any atom is 0.217 e. The van der Waals surface area contributed by atoms with Crippen LogP contribution in [0, 0.1) is 10.6 Å². The van der Waals surface area contributed by atoms with Gasteiger partial charge in [0.25, 0.3) is 0 Å². The number of aliphatic hydroxyl groups is 1. The van der Waals surface area contributed by atoms with Crippen molar-refractivity contribution in [3.63, 3.8) is 0 Å². The molecule has 0 atom stereocenters. The van der Waals surface area contributed by atoms with Crippen molar-refractivity contribution in [3.05, 3.63) is 34.3 Å². The third-order valence-electron chi connectivity index (χ3n) is 1.58. The minimum absolute atomic E-state index is 0.0673. The molecule has 0 saturated carbocycles. The maximum absolute atomic E-state index is 11.1. The summed E-state index contributed by atoms with van der Waals surface area (Å²) < 4.78 is 0.604. The normalized spacial score (nSPS) is 10.0. The van der Waals surface area contributed by atoms with Crippen molar-refractivity contribution in [1.29, 1.82) is 5.41 Å². The van der Waals surface area contributed by atoms with Gasteiger partial charge in [-0.3, -0.25) is 0 Å². The minimum atomic E-state index is -0.356. The van der Waals surface area contributed by atoms with Gasteiger partial charge in [-0.25, -0.2) is 0 Å². The van der Waals surface area contributed by atoms with Crippen molar-refractivity contribution >= 4 is 17.3 Å². The zero-order chi connectivity index (χ0) is 9.84. The van der Waals surface area contributed by atoms with E-state index in [1.165, 1.54) is 12.3 Å². The first kappa shape index (κ1) is 9.95. The van der Waals surface area contributed by atoms with Gasteiger partial charge in [0.15, 0.2) is 6.20 Å². The van der Waals surface area contributed by atoms with Crippen LogP contribution in [0.5, 0.6) is 0 Å². The highest BCUT2D eigenvalue weighted by atomic mass is 35.5. The second kappa shape index (κ2) is 4.20. The van der Waals surface area contributed by atoms with Gasteiger partial charge in [0.1, 0.15) is 5.02 Å². The fourth-order valence-electron chi connectivity index (χ4n) is 0.918. The fourth-order valence-corrected chi connectivity index (χ4v) is 1.14. The molecule has 1 rings (SSSR count). The number of nitrogens with one attached hydrogen (secondary N) is 1. The number of hydrogen-bond acceptors (Lipinski definition) is 3. The first-order valence-electron chi connectivity index (χ1n) is 3.69. The Morgan fingerprint density at radius 1 is 1.69 bits per heavy atom. The van der Waals surface area contributed by atoms with E-state index in [9.17, 15) is 5.21 Å². The van der Waals surface area contributed by atoms with Gasteiger partial charge in [0.2, 0.25) is 5.69 Å². The Morgan fingerprint density at radius 3 is 2.92 bits per heavy atom.